The fraction of sp³-hybridized carbons (Fsp3) is 0.231. The molecule has 4 heterocycles. The summed E-state index contributed by atoms with van der Waals surface area (Å²) in [7, 11) is 0. The second-order valence-corrected chi connectivity index (χ2v) is 9.83. The first-order valence-corrected chi connectivity index (χ1v) is 12.8. The SMILES string of the molecule is CCOC(=O)c1[nH]c2c(c1NC(N)=S)C1=C(CCC/C1=C\c1ccncc1)C(c1ccncc1)S2. The van der Waals surface area contributed by atoms with Gasteiger partial charge in [-0.25, -0.2) is 4.79 Å². The zero-order chi connectivity index (χ0) is 24.4. The number of thioether (sulfide) groups is 1. The number of nitrogens with zero attached hydrogens (tertiary/aromatic N) is 2. The standard InChI is InChI=1S/C26H25N5O2S2/c1-2-33-25(32)22-21(31-26(27)34)20-19-17(14-15-6-10-28-11-7-15)4-3-5-18(19)23(35-24(20)30-22)16-8-12-29-13-9-16/h6-14,23,30H,2-5H2,1H3,(H3,27,31,34)/b17-14+. The Morgan fingerprint density at radius 1 is 1.23 bits per heavy atom. The molecule has 0 fully saturated rings. The number of anilines is 1. The molecule has 0 radical (unpaired) electrons. The van der Waals surface area contributed by atoms with Gasteiger partial charge in [0.1, 0.15) is 5.69 Å². The molecule has 0 amide bonds. The number of nitrogens with two attached hydrogens (primary N) is 1. The van der Waals surface area contributed by atoms with E-state index in [0.717, 1.165) is 41.0 Å². The molecule has 1 atom stereocenters. The molecule has 7 nitrogen and oxygen atoms in total. The highest BCUT2D eigenvalue weighted by atomic mass is 32.2. The van der Waals surface area contributed by atoms with Crippen LogP contribution in [0.2, 0.25) is 0 Å². The van der Waals surface area contributed by atoms with E-state index >= 15 is 0 Å². The second kappa shape index (κ2) is 10.1. The van der Waals surface area contributed by atoms with Gasteiger partial charge in [-0.2, -0.15) is 0 Å². The minimum absolute atomic E-state index is 0.0908. The number of pyridine rings is 2. The van der Waals surface area contributed by atoms with Gasteiger partial charge in [0.2, 0.25) is 0 Å². The number of carbonyl (C=O) groups excluding carboxylic acids is 1. The molecule has 35 heavy (non-hydrogen) atoms. The molecule has 5 rings (SSSR count). The van der Waals surface area contributed by atoms with E-state index in [1.165, 1.54) is 16.7 Å². The van der Waals surface area contributed by atoms with E-state index in [9.17, 15) is 4.79 Å². The van der Waals surface area contributed by atoms with Crippen LogP contribution in [0.3, 0.4) is 0 Å². The zero-order valence-electron chi connectivity index (χ0n) is 19.2. The average Bonchev–Trinajstić information content (AvgIpc) is 3.22. The Hall–Kier alpha value is -3.43. The number of thiocarbonyl (C=S) groups is 1. The number of allylic oxidation sites excluding steroid dienone is 2. The van der Waals surface area contributed by atoms with Crippen LogP contribution in [0.1, 0.15) is 58.6 Å². The third-order valence-electron chi connectivity index (χ3n) is 6.09. The molecule has 3 aromatic heterocycles. The summed E-state index contributed by atoms with van der Waals surface area (Å²) in [6.07, 6.45) is 12.3. The van der Waals surface area contributed by atoms with Crippen molar-refractivity contribution in [3.8, 4) is 0 Å². The molecule has 1 unspecified atom stereocenters. The van der Waals surface area contributed by atoms with Crippen molar-refractivity contribution in [2.75, 3.05) is 11.9 Å². The van der Waals surface area contributed by atoms with Crippen LogP contribution in [0.25, 0.3) is 11.6 Å². The molecule has 9 heteroatoms. The summed E-state index contributed by atoms with van der Waals surface area (Å²) >= 11 is 6.88. The molecule has 0 aromatic carbocycles. The van der Waals surface area contributed by atoms with E-state index in [0.29, 0.717) is 11.4 Å². The number of nitrogens with one attached hydrogen (secondary N) is 2. The molecule has 1 aliphatic heterocycles. The van der Waals surface area contributed by atoms with E-state index in [2.05, 4.69) is 38.5 Å². The van der Waals surface area contributed by atoms with Crippen LogP contribution in [0.5, 0.6) is 0 Å². The smallest absolute Gasteiger partial charge is 0.356 e. The van der Waals surface area contributed by atoms with Gasteiger partial charge in [-0.05, 0) is 90.5 Å². The molecular formula is C26H25N5O2S2. The summed E-state index contributed by atoms with van der Waals surface area (Å²) in [5, 5.41) is 4.14. The molecule has 0 saturated carbocycles. The lowest BCUT2D eigenvalue weighted by Crippen LogP contribution is -2.22. The molecule has 178 valence electrons. The van der Waals surface area contributed by atoms with E-state index in [1.807, 2.05) is 24.5 Å². The number of fused-ring (bicyclic) bond motifs is 2. The van der Waals surface area contributed by atoms with Crippen LogP contribution >= 0.6 is 24.0 Å². The van der Waals surface area contributed by atoms with Crippen molar-refractivity contribution in [3.63, 3.8) is 0 Å². The number of hydrogen-bond donors (Lipinski definition) is 3. The van der Waals surface area contributed by atoms with Crippen molar-refractivity contribution in [3.05, 3.63) is 82.6 Å². The first-order chi connectivity index (χ1) is 17.1. The summed E-state index contributed by atoms with van der Waals surface area (Å²) < 4.78 is 5.35. The van der Waals surface area contributed by atoms with Crippen LogP contribution < -0.4 is 11.1 Å². The molecule has 1 aliphatic carbocycles. The zero-order valence-corrected chi connectivity index (χ0v) is 20.8. The number of rotatable bonds is 5. The predicted molar refractivity (Wildman–Crippen MR) is 143 cm³/mol. The maximum Gasteiger partial charge on any atom is 0.356 e. The van der Waals surface area contributed by atoms with Gasteiger partial charge < -0.3 is 20.8 Å². The maximum atomic E-state index is 12.9. The van der Waals surface area contributed by atoms with E-state index in [1.54, 1.807) is 31.1 Å². The lowest BCUT2D eigenvalue weighted by Gasteiger charge is -2.34. The number of carbonyl (C=O) groups is 1. The molecule has 0 saturated heterocycles. The van der Waals surface area contributed by atoms with E-state index in [4.69, 9.17) is 22.7 Å². The Morgan fingerprint density at radius 3 is 2.63 bits per heavy atom. The first-order valence-electron chi connectivity index (χ1n) is 11.5. The van der Waals surface area contributed by atoms with E-state index < -0.39 is 5.97 Å². The highest BCUT2D eigenvalue weighted by Gasteiger charge is 2.37. The Balaban J connectivity index is 1.76. The summed E-state index contributed by atoms with van der Waals surface area (Å²) in [4.78, 5) is 24.6. The fourth-order valence-electron chi connectivity index (χ4n) is 4.72. The molecule has 4 N–H and O–H groups in total. The third-order valence-corrected chi connectivity index (χ3v) is 7.52. The van der Waals surface area contributed by atoms with Gasteiger partial charge in [0.05, 0.1) is 22.6 Å². The fourth-order valence-corrected chi connectivity index (χ4v) is 6.21. The van der Waals surface area contributed by atoms with Gasteiger partial charge in [0.25, 0.3) is 0 Å². The van der Waals surface area contributed by atoms with Crippen molar-refractivity contribution < 1.29 is 9.53 Å². The lowest BCUT2D eigenvalue weighted by atomic mass is 9.80. The van der Waals surface area contributed by atoms with Gasteiger partial charge in [0, 0.05) is 30.4 Å². The minimum Gasteiger partial charge on any atom is -0.461 e. The van der Waals surface area contributed by atoms with Crippen LogP contribution in [0, 0.1) is 0 Å². The van der Waals surface area contributed by atoms with Crippen molar-refractivity contribution in [1.29, 1.82) is 0 Å². The van der Waals surface area contributed by atoms with Crippen LogP contribution in [-0.4, -0.2) is 32.6 Å². The quantitative estimate of drug-likeness (QED) is 0.309. The Kier molecular flexibility index (Phi) is 6.70. The van der Waals surface area contributed by atoms with Crippen LogP contribution in [0.15, 0.2) is 65.2 Å². The Morgan fingerprint density at radius 2 is 1.94 bits per heavy atom. The first kappa shape index (κ1) is 23.3. The third kappa shape index (κ3) is 4.61. The number of ether oxygens (including phenoxy) is 1. The van der Waals surface area contributed by atoms with Gasteiger partial charge in [-0.3, -0.25) is 9.97 Å². The normalized spacial score (nSPS) is 18.1. The van der Waals surface area contributed by atoms with Gasteiger partial charge >= 0.3 is 5.97 Å². The molecular weight excluding hydrogens is 478 g/mol. The van der Waals surface area contributed by atoms with Crippen molar-refractivity contribution in [1.82, 2.24) is 15.0 Å². The average molecular weight is 504 g/mol. The van der Waals surface area contributed by atoms with Crippen molar-refractivity contribution in [2.45, 2.75) is 36.5 Å². The van der Waals surface area contributed by atoms with Crippen molar-refractivity contribution >= 4 is 52.4 Å². The predicted octanol–water partition coefficient (Wildman–Crippen LogP) is 5.51. The number of aromatic amines is 1. The van der Waals surface area contributed by atoms with Crippen molar-refractivity contribution in [2.24, 2.45) is 5.73 Å². The second-order valence-electron chi connectivity index (χ2n) is 8.27. The van der Waals surface area contributed by atoms with Crippen LogP contribution in [-0.2, 0) is 4.74 Å². The number of H-pyrrole nitrogens is 1. The van der Waals surface area contributed by atoms with Crippen LogP contribution in [0.4, 0.5) is 5.69 Å². The lowest BCUT2D eigenvalue weighted by molar-refractivity contribution is 0.0521. The summed E-state index contributed by atoms with van der Waals surface area (Å²) in [5.41, 5.74) is 13.6. The molecule has 0 bridgehead atoms. The monoisotopic (exact) mass is 503 g/mol. The summed E-state index contributed by atoms with van der Waals surface area (Å²) in [5.74, 6) is -0.445. The highest BCUT2D eigenvalue weighted by Crippen LogP contribution is 2.57. The molecule has 2 aliphatic rings. The number of esters is 1. The molecule has 0 spiro atoms. The van der Waals surface area contributed by atoms with Gasteiger partial charge in [0.15, 0.2) is 5.11 Å². The van der Waals surface area contributed by atoms with Gasteiger partial charge in [-0.1, -0.05) is 17.8 Å². The Bertz CT molecular complexity index is 1330. The topological polar surface area (TPSA) is 106 Å². The minimum atomic E-state index is -0.445. The molecule has 3 aromatic rings. The Labute approximate surface area is 213 Å². The summed E-state index contributed by atoms with van der Waals surface area (Å²) in [6.45, 7) is 2.05. The van der Waals surface area contributed by atoms with Gasteiger partial charge in [-0.15, -0.1) is 0 Å². The number of hydrogen-bond acceptors (Lipinski definition) is 6. The summed E-state index contributed by atoms with van der Waals surface area (Å²) in [6, 6.07) is 8.10. The largest absolute Gasteiger partial charge is 0.461 e. The highest BCUT2D eigenvalue weighted by molar-refractivity contribution is 7.99. The van der Waals surface area contributed by atoms with E-state index in [-0.39, 0.29) is 17.0 Å². The maximum absolute atomic E-state index is 12.9. The number of aromatic nitrogens is 3.